The van der Waals surface area contributed by atoms with Gasteiger partial charge in [0, 0.05) is 6.42 Å². The van der Waals surface area contributed by atoms with Crippen molar-refractivity contribution in [2.24, 2.45) is 0 Å². The third-order valence-corrected chi connectivity index (χ3v) is 4.57. The van der Waals surface area contributed by atoms with Crippen LogP contribution in [0.25, 0.3) is 0 Å². The monoisotopic (exact) mass is 410 g/mol. The maximum atomic E-state index is 12.3. The van der Waals surface area contributed by atoms with E-state index in [0.29, 0.717) is 23.7 Å². The van der Waals surface area contributed by atoms with Crippen molar-refractivity contribution in [3.05, 3.63) is 94.0 Å². The lowest BCUT2D eigenvalue weighted by atomic mass is 10.2. The van der Waals surface area contributed by atoms with Gasteiger partial charge in [-0.05, 0) is 58.2 Å². The Morgan fingerprint density at radius 1 is 0.923 bits per heavy atom. The van der Waals surface area contributed by atoms with Gasteiger partial charge in [-0.15, -0.1) is 0 Å². The molecular weight excluding hydrogens is 392 g/mol. The number of ether oxygens (including phenoxy) is 2. The molecule has 0 aliphatic heterocycles. The zero-order valence-corrected chi connectivity index (χ0v) is 16.0. The highest BCUT2D eigenvalue weighted by atomic mass is 79.9. The highest BCUT2D eigenvalue weighted by molar-refractivity contribution is 9.10. The van der Waals surface area contributed by atoms with E-state index in [0.717, 1.165) is 16.5 Å². The predicted octanol–water partition coefficient (Wildman–Crippen LogP) is 5.60. The lowest BCUT2D eigenvalue weighted by molar-refractivity contribution is 0.0733. The van der Waals surface area contributed by atoms with Gasteiger partial charge in [-0.2, -0.15) is 0 Å². The Labute approximate surface area is 161 Å². The second kappa shape index (κ2) is 8.68. The van der Waals surface area contributed by atoms with Crippen LogP contribution in [-0.4, -0.2) is 12.6 Å². The third kappa shape index (κ3) is 4.73. The van der Waals surface area contributed by atoms with Crippen LogP contribution in [0.4, 0.5) is 0 Å². The Morgan fingerprint density at radius 2 is 1.65 bits per heavy atom. The van der Waals surface area contributed by atoms with E-state index in [-0.39, 0.29) is 0 Å². The summed E-state index contributed by atoms with van der Waals surface area (Å²) in [6.07, 6.45) is 0.824. The Hall–Kier alpha value is -2.59. The van der Waals surface area contributed by atoms with Crippen molar-refractivity contribution >= 4 is 21.9 Å². The second-order valence-corrected chi connectivity index (χ2v) is 6.74. The maximum Gasteiger partial charge on any atom is 0.343 e. The molecule has 0 fully saturated rings. The molecule has 26 heavy (non-hydrogen) atoms. The summed E-state index contributed by atoms with van der Waals surface area (Å²) < 4.78 is 12.0. The first-order valence-corrected chi connectivity index (χ1v) is 9.17. The van der Waals surface area contributed by atoms with Gasteiger partial charge in [-0.25, -0.2) is 4.79 Å². The van der Waals surface area contributed by atoms with Crippen molar-refractivity contribution in [2.75, 3.05) is 6.61 Å². The molecule has 3 aromatic rings. The Kier molecular flexibility index (Phi) is 6.08. The minimum atomic E-state index is -0.393. The van der Waals surface area contributed by atoms with E-state index < -0.39 is 5.97 Å². The minimum absolute atomic E-state index is 0.393. The van der Waals surface area contributed by atoms with Gasteiger partial charge in [-0.1, -0.05) is 48.5 Å². The summed E-state index contributed by atoms with van der Waals surface area (Å²) in [7, 11) is 0. The second-order valence-electron chi connectivity index (χ2n) is 5.88. The number of carbonyl (C=O) groups is 1. The summed E-state index contributed by atoms with van der Waals surface area (Å²) in [6.45, 7) is 2.47. The van der Waals surface area contributed by atoms with Crippen molar-refractivity contribution in [1.82, 2.24) is 0 Å². The standard InChI is InChI=1S/C22H19BrO3/c1-16-7-5-6-10-20(16)26-22(24)18-11-12-21(19(23)15-18)25-14-13-17-8-3-2-4-9-17/h2-12,15H,13-14H2,1H3. The molecular formula is C22H19BrO3. The number of rotatable bonds is 6. The summed E-state index contributed by atoms with van der Waals surface area (Å²) in [4.78, 5) is 12.3. The molecule has 0 aliphatic carbocycles. The fraction of sp³-hybridized carbons (Fsp3) is 0.136. The smallest absolute Gasteiger partial charge is 0.343 e. The number of para-hydroxylation sites is 1. The van der Waals surface area contributed by atoms with Crippen LogP contribution in [0.15, 0.2) is 77.3 Å². The molecule has 0 unspecified atom stereocenters. The first-order chi connectivity index (χ1) is 12.6. The van der Waals surface area contributed by atoms with Crippen molar-refractivity contribution in [1.29, 1.82) is 0 Å². The maximum absolute atomic E-state index is 12.3. The fourth-order valence-corrected chi connectivity index (χ4v) is 2.99. The van der Waals surface area contributed by atoms with Crippen LogP contribution >= 0.6 is 15.9 Å². The summed E-state index contributed by atoms with van der Waals surface area (Å²) in [5.74, 6) is 0.876. The predicted molar refractivity (Wildman–Crippen MR) is 106 cm³/mol. The molecule has 0 spiro atoms. The Morgan fingerprint density at radius 3 is 2.38 bits per heavy atom. The highest BCUT2D eigenvalue weighted by Crippen LogP contribution is 2.27. The first-order valence-electron chi connectivity index (χ1n) is 8.37. The molecule has 3 rings (SSSR count). The summed E-state index contributed by atoms with van der Waals surface area (Å²) in [6, 6.07) is 22.8. The number of halogens is 1. The molecule has 0 aromatic heterocycles. The zero-order chi connectivity index (χ0) is 18.4. The topological polar surface area (TPSA) is 35.5 Å². The van der Waals surface area contributed by atoms with Crippen molar-refractivity contribution in [3.63, 3.8) is 0 Å². The van der Waals surface area contributed by atoms with Crippen LogP contribution in [0.2, 0.25) is 0 Å². The molecule has 0 bridgehead atoms. The number of carbonyl (C=O) groups excluding carboxylic acids is 1. The molecule has 4 heteroatoms. The van der Waals surface area contributed by atoms with Crippen molar-refractivity contribution in [2.45, 2.75) is 13.3 Å². The van der Waals surface area contributed by atoms with Gasteiger partial charge in [0.15, 0.2) is 0 Å². The largest absolute Gasteiger partial charge is 0.492 e. The molecule has 3 aromatic carbocycles. The minimum Gasteiger partial charge on any atom is -0.492 e. The van der Waals surface area contributed by atoms with Crippen LogP contribution in [-0.2, 0) is 6.42 Å². The zero-order valence-electron chi connectivity index (χ0n) is 14.4. The van der Waals surface area contributed by atoms with Crippen LogP contribution in [0.1, 0.15) is 21.5 Å². The van der Waals surface area contributed by atoms with Crippen molar-refractivity contribution in [3.8, 4) is 11.5 Å². The molecule has 0 heterocycles. The molecule has 0 N–H and O–H groups in total. The average Bonchev–Trinajstić information content (AvgIpc) is 2.65. The number of esters is 1. The van der Waals surface area contributed by atoms with Gasteiger partial charge in [-0.3, -0.25) is 0 Å². The molecule has 0 amide bonds. The Balaban J connectivity index is 1.61. The number of hydrogen-bond donors (Lipinski definition) is 0. The lowest BCUT2D eigenvalue weighted by Crippen LogP contribution is -2.09. The van der Waals surface area contributed by atoms with Gasteiger partial charge in [0.05, 0.1) is 16.6 Å². The van der Waals surface area contributed by atoms with Crippen LogP contribution in [0.3, 0.4) is 0 Å². The van der Waals surface area contributed by atoms with Gasteiger partial charge in [0.25, 0.3) is 0 Å². The molecule has 0 radical (unpaired) electrons. The summed E-state index contributed by atoms with van der Waals surface area (Å²) in [5.41, 5.74) is 2.61. The van der Waals surface area contributed by atoms with E-state index in [4.69, 9.17) is 9.47 Å². The average molecular weight is 411 g/mol. The van der Waals surface area contributed by atoms with Gasteiger partial charge < -0.3 is 9.47 Å². The highest BCUT2D eigenvalue weighted by Gasteiger charge is 2.12. The number of hydrogen-bond acceptors (Lipinski definition) is 3. The summed E-state index contributed by atoms with van der Waals surface area (Å²) in [5, 5.41) is 0. The van der Waals surface area contributed by atoms with Gasteiger partial charge >= 0.3 is 5.97 Å². The van der Waals surface area contributed by atoms with Crippen LogP contribution in [0.5, 0.6) is 11.5 Å². The number of aryl methyl sites for hydroxylation is 1. The molecule has 3 nitrogen and oxygen atoms in total. The molecule has 132 valence electrons. The molecule has 0 saturated heterocycles. The lowest BCUT2D eigenvalue weighted by Gasteiger charge is -2.10. The van der Waals surface area contributed by atoms with E-state index in [9.17, 15) is 4.79 Å². The third-order valence-electron chi connectivity index (χ3n) is 3.95. The van der Waals surface area contributed by atoms with E-state index in [1.165, 1.54) is 5.56 Å². The molecule has 0 atom stereocenters. The quantitative estimate of drug-likeness (QED) is 0.391. The number of benzene rings is 3. The Bertz CT molecular complexity index is 891. The van der Waals surface area contributed by atoms with E-state index in [1.54, 1.807) is 24.3 Å². The SMILES string of the molecule is Cc1ccccc1OC(=O)c1ccc(OCCc2ccccc2)c(Br)c1. The van der Waals surface area contributed by atoms with Gasteiger partial charge in [0.1, 0.15) is 11.5 Å². The molecule has 0 aliphatic rings. The van der Waals surface area contributed by atoms with Crippen LogP contribution in [0, 0.1) is 6.92 Å². The van der Waals surface area contributed by atoms with E-state index in [2.05, 4.69) is 28.1 Å². The normalized spacial score (nSPS) is 10.4. The summed E-state index contributed by atoms with van der Waals surface area (Å²) >= 11 is 3.47. The fourth-order valence-electron chi connectivity index (χ4n) is 2.50. The van der Waals surface area contributed by atoms with Gasteiger partial charge in [0.2, 0.25) is 0 Å². The van der Waals surface area contributed by atoms with E-state index in [1.807, 2.05) is 43.3 Å². The first kappa shape index (κ1) is 18.2. The van der Waals surface area contributed by atoms with Crippen molar-refractivity contribution < 1.29 is 14.3 Å². The van der Waals surface area contributed by atoms with E-state index >= 15 is 0 Å². The molecule has 0 saturated carbocycles. The van der Waals surface area contributed by atoms with Crippen LogP contribution < -0.4 is 9.47 Å².